The molecule has 2 fully saturated rings. The number of nitrogens with one attached hydrogen (secondary N) is 1. The summed E-state index contributed by atoms with van der Waals surface area (Å²) in [5.74, 6) is 2.32. The molecular formula is C13H25NS. The van der Waals surface area contributed by atoms with Gasteiger partial charge in [-0.2, -0.15) is 11.8 Å². The Morgan fingerprint density at radius 3 is 2.60 bits per heavy atom. The summed E-state index contributed by atoms with van der Waals surface area (Å²) in [5, 5.41) is 4.79. The number of thioether (sulfide) groups is 1. The summed E-state index contributed by atoms with van der Waals surface area (Å²) < 4.78 is 0. The quantitative estimate of drug-likeness (QED) is 0.792. The summed E-state index contributed by atoms with van der Waals surface area (Å²) in [6.07, 6.45) is 8.55. The second-order valence-electron chi connectivity index (χ2n) is 5.20. The first-order valence-corrected chi connectivity index (χ1v) is 7.73. The van der Waals surface area contributed by atoms with Crippen molar-refractivity contribution in [1.29, 1.82) is 0 Å². The molecule has 1 N–H and O–H groups in total. The van der Waals surface area contributed by atoms with Crippen LogP contribution in [0.1, 0.15) is 52.4 Å². The lowest BCUT2D eigenvalue weighted by Crippen LogP contribution is -2.46. The Kier molecular flexibility index (Phi) is 4.39. The van der Waals surface area contributed by atoms with Crippen LogP contribution in [0.3, 0.4) is 0 Å². The van der Waals surface area contributed by atoms with E-state index in [4.69, 9.17) is 0 Å². The fourth-order valence-corrected chi connectivity index (χ4v) is 4.35. The summed E-state index contributed by atoms with van der Waals surface area (Å²) in [5.41, 5.74) is 0. The molecule has 4 unspecified atom stereocenters. The van der Waals surface area contributed by atoms with Crippen molar-refractivity contribution in [2.75, 3.05) is 5.75 Å². The third-order valence-corrected chi connectivity index (χ3v) is 5.56. The van der Waals surface area contributed by atoms with Gasteiger partial charge < -0.3 is 5.32 Å². The molecule has 0 spiro atoms. The van der Waals surface area contributed by atoms with E-state index in [2.05, 4.69) is 30.9 Å². The molecule has 1 aliphatic carbocycles. The molecule has 1 heterocycles. The van der Waals surface area contributed by atoms with Gasteiger partial charge in [-0.1, -0.05) is 33.1 Å². The van der Waals surface area contributed by atoms with Gasteiger partial charge in [0.15, 0.2) is 0 Å². The average Bonchev–Trinajstić information content (AvgIpc) is 2.65. The van der Waals surface area contributed by atoms with E-state index in [1.807, 2.05) is 0 Å². The van der Waals surface area contributed by atoms with Gasteiger partial charge in [-0.25, -0.2) is 0 Å². The first-order valence-electron chi connectivity index (χ1n) is 6.69. The highest BCUT2D eigenvalue weighted by Crippen LogP contribution is 2.31. The lowest BCUT2D eigenvalue weighted by atomic mass is 9.82. The van der Waals surface area contributed by atoms with E-state index in [0.717, 1.165) is 23.3 Å². The maximum atomic E-state index is 3.95. The highest BCUT2D eigenvalue weighted by atomic mass is 32.2. The highest BCUT2D eigenvalue weighted by Gasteiger charge is 2.30. The zero-order valence-electron chi connectivity index (χ0n) is 10.2. The van der Waals surface area contributed by atoms with E-state index in [1.54, 1.807) is 0 Å². The van der Waals surface area contributed by atoms with Crippen LogP contribution >= 0.6 is 11.8 Å². The molecule has 1 saturated heterocycles. The van der Waals surface area contributed by atoms with Crippen LogP contribution in [-0.4, -0.2) is 23.1 Å². The summed E-state index contributed by atoms with van der Waals surface area (Å²) in [6, 6.07) is 1.63. The second kappa shape index (κ2) is 5.58. The van der Waals surface area contributed by atoms with Gasteiger partial charge in [0.25, 0.3) is 0 Å². The monoisotopic (exact) mass is 227 g/mol. The summed E-state index contributed by atoms with van der Waals surface area (Å²) in [4.78, 5) is 0. The molecule has 1 nitrogen and oxygen atoms in total. The van der Waals surface area contributed by atoms with Crippen LogP contribution < -0.4 is 5.32 Å². The Hall–Kier alpha value is 0.310. The minimum Gasteiger partial charge on any atom is -0.310 e. The fraction of sp³-hybridized carbons (Fsp3) is 1.00. The largest absolute Gasteiger partial charge is 0.310 e. The average molecular weight is 227 g/mol. The zero-order chi connectivity index (χ0) is 10.7. The van der Waals surface area contributed by atoms with E-state index in [1.165, 1.54) is 44.3 Å². The van der Waals surface area contributed by atoms with Crippen molar-refractivity contribution in [3.8, 4) is 0 Å². The van der Waals surface area contributed by atoms with Crippen molar-refractivity contribution in [2.24, 2.45) is 5.92 Å². The Bertz CT molecular complexity index is 195. The van der Waals surface area contributed by atoms with Crippen LogP contribution in [0.15, 0.2) is 0 Å². The van der Waals surface area contributed by atoms with E-state index in [0.29, 0.717) is 0 Å². The van der Waals surface area contributed by atoms with Gasteiger partial charge in [0, 0.05) is 17.3 Å². The van der Waals surface area contributed by atoms with Crippen molar-refractivity contribution in [3.05, 3.63) is 0 Å². The maximum Gasteiger partial charge on any atom is 0.0194 e. The second-order valence-corrected chi connectivity index (χ2v) is 6.68. The molecule has 0 amide bonds. The predicted molar refractivity (Wildman–Crippen MR) is 69.5 cm³/mol. The van der Waals surface area contributed by atoms with Crippen molar-refractivity contribution in [1.82, 2.24) is 5.32 Å². The molecule has 4 atom stereocenters. The first-order chi connectivity index (χ1) is 7.31. The number of rotatable bonds is 3. The van der Waals surface area contributed by atoms with E-state index in [-0.39, 0.29) is 0 Å². The Balaban J connectivity index is 1.85. The van der Waals surface area contributed by atoms with Gasteiger partial charge in [-0.05, 0) is 30.9 Å². The minimum absolute atomic E-state index is 0.798. The van der Waals surface area contributed by atoms with Crippen molar-refractivity contribution in [3.63, 3.8) is 0 Å². The van der Waals surface area contributed by atoms with Gasteiger partial charge >= 0.3 is 0 Å². The SMILES string of the molecule is CCC1CCCCC1NC1CCSC1C. The van der Waals surface area contributed by atoms with Gasteiger partial charge in [0.1, 0.15) is 0 Å². The van der Waals surface area contributed by atoms with Gasteiger partial charge in [0.05, 0.1) is 0 Å². The van der Waals surface area contributed by atoms with Crippen molar-refractivity contribution >= 4 is 11.8 Å². The van der Waals surface area contributed by atoms with Crippen LogP contribution in [0, 0.1) is 5.92 Å². The minimum atomic E-state index is 0.798. The summed E-state index contributed by atoms with van der Waals surface area (Å²) in [6.45, 7) is 4.75. The Morgan fingerprint density at radius 2 is 1.93 bits per heavy atom. The highest BCUT2D eigenvalue weighted by molar-refractivity contribution is 8.00. The maximum absolute atomic E-state index is 3.95. The molecule has 1 aliphatic heterocycles. The van der Waals surface area contributed by atoms with E-state index in [9.17, 15) is 0 Å². The van der Waals surface area contributed by atoms with Crippen LogP contribution in [0.4, 0.5) is 0 Å². The normalized spacial score (nSPS) is 42.0. The smallest absolute Gasteiger partial charge is 0.0194 e. The molecule has 0 bridgehead atoms. The van der Waals surface area contributed by atoms with Gasteiger partial charge in [-0.15, -0.1) is 0 Å². The molecule has 0 aromatic rings. The van der Waals surface area contributed by atoms with E-state index >= 15 is 0 Å². The molecule has 1 saturated carbocycles. The van der Waals surface area contributed by atoms with Crippen LogP contribution in [0.25, 0.3) is 0 Å². The molecule has 0 radical (unpaired) electrons. The molecular weight excluding hydrogens is 202 g/mol. The molecule has 2 rings (SSSR count). The fourth-order valence-electron chi connectivity index (χ4n) is 3.14. The van der Waals surface area contributed by atoms with Gasteiger partial charge in [-0.3, -0.25) is 0 Å². The summed E-state index contributed by atoms with van der Waals surface area (Å²) >= 11 is 2.14. The van der Waals surface area contributed by atoms with Crippen molar-refractivity contribution < 1.29 is 0 Å². The molecule has 88 valence electrons. The Morgan fingerprint density at radius 1 is 1.13 bits per heavy atom. The molecule has 0 aromatic carbocycles. The van der Waals surface area contributed by atoms with Crippen molar-refractivity contribution in [2.45, 2.75) is 69.7 Å². The topological polar surface area (TPSA) is 12.0 Å². The molecule has 0 aromatic heterocycles. The molecule has 2 heteroatoms. The Labute approximate surface area is 98.8 Å². The third kappa shape index (κ3) is 2.91. The van der Waals surface area contributed by atoms with Crippen LogP contribution in [0.5, 0.6) is 0 Å². The van der Waals surface area contributed by atoms with E-state index < -0.39 is 0 Å². The summed E-state index contributed by atoms with van der Waals surface area (Å²) in [7, 11) is 0. The number of hydrogen-bond donors (Lipinski definition) is 1. The molecule has 15 heavy (non-hydrogen) atoms. The first kappa shape index (κ1) is 11.8. The van der Waals surface area contributed by atoms with Gasteiger partial charge in [0.2, 0.25) is 0 Å². The predicted octanol–water partition coefficient (Wildman–Crippen LogP) is 3.44. The van der Waals surface area contributed by atoms with Crippen LogP contribution in [-0.2, 0) is 0 Å². The lowest BCUT2D eigenvalue weighted by Gasteiger charge is -2.34. The molecule has 2 aliphatic rings. The standard InChI is InChI=1S/C13H25NS/c1-3-11-6-4-5-7-13(11)14-12-8-9-15-10(12)2/h10-14H,3-9H2,1-2H3. The lowest BCUT2D eigenvalue weighted by molar-refractivity contribution is 0.236. The zero-order valence-corrected chi connectivity index (χ0v) is 11.0. The number of hydrogen-bond acceptors (Lipinski definition) is 2. The van der Waals surface area contributed by atoms with Crippen LogP contribution in [0.2, 0.25) is 0 Å². The third-order valence-electron chi connectivity index (χ3n) is 4.24.